The maximum atomic E-state index is 13.5. The molecule has 0 saturated heterocycles. The van der Waals surface area contributed by atoms with Crippen LogP contribution in [-0.2, 0) is 54.7 Å². The summed E-state index contributed by atoms with van der Waals surface area (Å²) in [4.78, 5) is 20.1. The Bertz CT molecular complexity index is 1050. The van der Waals surface area contributed by atoms with Crippen LogP contribution in [0.4, 0.5) is 0 Å². The van der Waals surface area contributed by atoms with E-state index in [2.05, 4.69) is 68.5 Å². The molecular weight excluding hydrogens is 504 g/mol. The molecule has 3 rings (SSSR count). The molecule has 0 fully saturated rings. The molecule has 3 aromatic rings. The van der Waals surface area contributed by atoms with E-state index in [1.54, 1.807) is 0 Å². The summed E-state index contributed by atoms with van der Waals surface area (Å²) in [5, 5.41) is 22.4. The van der Waals surface area contributed by atoms with Crippen LogP contribution in [0.5, 0.6) is 5.75 Å². The van der Waals surface area contributed by atoms with Gasteiger partial charge in [0.25, 0.3) is 0 Å². The summed E-state index contributed by atoms with van der Waals surface area (Å²) in [6.45, 7) is 15.8. The molecule has 0 amide bonds. The van der Waals surface area contributed by atoms with E-state index in [-0.39, 0.29) is 36.1 Å². The van der Waals surface area contributed by atoms with Gasteiger partial charge < -0.3 is 15.0 Å². The van der Waals surface area contributed by atoms with Crippen LogP contribution in [-0.4, -0.2) is 20.8 Å². The first-order chi connectivity index (χ1) is 16.3. The van der Waals surface area contributed by atoms with Gasteiger partial charge in [-0.05, 0) is 58.7 Å². The van der Waals surface area contributed by atoms with Gasteiger partial charge in [0.2, 0.25) is 0 Å². The third kappa shape index (κ3) is 10.2. The molecule has 188 valence electrons. The van der Waals surface area contributed by atoms with Gasteiger partial charge in [-0.25, -0.2) is 0 Å². The van der Waals surface area contributed by atoms with Crippen molar-refractivity contribution in [1.82, 2.24) is 14.9 Å². The largest absolute Gasteiger partial charge is 2.00 e. The Balaban J connectivity index is 0.00000120. The Labute approximate surface area is 228 Å². The minimum atomic E-state index is -1.08. The zero-order chi connectivity index (χ0) is 26.2. The van der Waals surface area contributed by atoms with Crippen molar-refractivity contribution in [2.45, 2.75) is 78.9 Å². The first kappa shape index (κ1) is 31.4. The number of carbonyl (C=O) groups excluding carboxylic acids is 1. The number of carboxylic acid groups (broad SMARTS) is 1. The smallest absolute Gasteiger partial charge is 0.872 e. The number of aliphatic carboxylic acids is 1. The molecule has 0 saturated carbocycles. The molecule has 0 aliphatic carbocycles. The molecule has 2 heterocycles. The van der Waals surface area contributed by atoms with E-state index >= 15 is 0 Å². The molecule has 6 nitrogen and oxygen atoms in total. The van der Waals surface area contributed by atoms with E-state index in [0.29, 0.717) is 19.6 Å². The summed E-state index contributed by atoms with van der Waals surface area (Å²) in [6, 6.07) is 16.1. The monoisotopic (exact) mass is 539 g/mol. The molecule has 0 N–H and O–H groups in total. The molecule has 0 atom stereocenters. The third-order valence-electron chi connectivity index (χ3n) is 5.46. The quantitative estimate of drug-likeness (QED) is 0.437. The van der Waals surface area contributed by atoms with E-state index in [1.807, 2.05) is 48.8 Å². The van der Waals surface area contributed by atoms with E-state index in [4.69, 9.17) is 9.90 Å². The molecule has 0 aliphatic rings. The number of nitrogens with zero attached hydrogens (tertiary/aromatic N) is 3. The number of carboxylic acids is 1. The Morgan fingerprint density at radius 1 is 0.833 bits per heavy atom. The fourth-order valence-electron chi connectivity index (χ4n) is 3.65. The van der Waals surface area contributed by atoms with Gasteiger partial charge in [0.15, 0.2) is 0 Å². The summed E-state index contributed by atoms with van der Waals surface area (Å²) in [5.74, 6) is -0.937. The average Bonchev–Trinajstić information content (AvgIpc) is 2.74. The average molecular weight is 541 g/mol. The minimum Gasteiger partial charge on any atom is -0.872 e. The molecule has 0 bridgehead atoms. The van der Waals surface area contributed by atoms with Crippen molar-refractivity contribution in [2.75, 3.05) is 0 Å². The van der Waals surface area contributed by atoms with Gasteiger partial charge in [-0.15, -0.1) is 5.75 Å². The molecule has 36 heavy (non-hydrogen) atoms. The van der Waals surface area contributed by atoms with Crippen molar-refractivity contribution in [3.63, 3.8) is 0 Å². The van der Waals surface area contributed by atoms with E-state index in [0.717, 1.165) is 29.4 Å². The zero-order valence-corrected chi connectivity index (χ0v) is 25.6. The van der Waals surface area contributed by atoms with E-state index in [1.165, 1.54) is 5.56 Å². The topological polar surface area (TPSA) is 92.2 Å². The molecular formula is C29H37N3O3Zn. The minimum absolute atomic E-state index is 0. The van der Waals surface area contributed by atoms with Crippen LogP contribution in [0.15, 0.2) is 60.9 Å². The second kappa shape index (κ2) is 13.6. The Morgan fingerprint density at radius 2 is 1.31 bits per heavy atom. The second-order valence-corrected chi connectivity index (χ2v) is 10.8. The maximum absolute atomic E-state index is 13.5. The molecule has 0 radical (unpaired) electrons. The van der Waals surface area contributed by atoms with Crippen LogP contribution in [0.25, 0.3) is 0 Å². The van der Waals surface area contributed by atoms with Crippen LogP contribution in [0, 0.1) is 0 Å². The fraction of sp³-hybridized carbons (Fsp3) is 0.414. The Hall–Kier alpha value is -2.63. The number of benzene rings is 1. The first-order valence-electron chi connectivity index (χ1n) is 11.8. The SMILES string of the molecule is CC(=O)[O-].CC(C)(C)c1cc(CN(Cc2ccccn2)Cc2ccccn2)c([O-])c(C(C)(C)C)c1.[Zn+2]. The van der Waals surface area contributed by atoms with Gasteiger partial charge >= 0.3 is 19.5 Å². The molecule has 0 aliphatic heterocycles. The van der Waals surface area contributed by atoms with Gasteiger partial charge in [0, 0.05) is 38.0 Å². The van der Waals surface area contributed by atoms with Gasteiger partial charge in [0.05, 0.1) is 11.4 Å². The third-order valence-corrected chi connectivity index (χ3v) is 5.46. The first-order valence-corrected chi connectivity index (χ1v) is 11.8. The van der Waals surface area contributed by atoms with Crippen molar-refractivity contribution in [2.24, 2.45) is 0 Å². The number of hydrogen-bond acceptors (Lipinski definition) is 6. The number of rotatable bonds is 6. The summed E-state index contributed by atoms with van der Waals surface area (Å²) in [6.07, 6.45) is 3.62. The molecule has 1 aromatic carbocycles. The van der Waals surface area contributed by atoms with Crippen molar-refractivity contribution in [1.29, 1.82) is 0 Å². The van der Waals surface area contributed by atoms with Gasteiger partial charge in [-0.1, -0.05) is 65.8 Å². The Kier molecular flexibility index (Phi) is 11.9. The van der Waals surface area contributed by atoms with Crippen LogP contribution in [0.1, 0.15) is 76.5 Å². The second-order valence-electron chi connectivity index (χ2n) is 10.8. The predicted molar refractivity (Wildman–Crippen MR) is 135 cm³/mol. The number of carbonyl (C=O) groups is 1. The number of pyridine rings is 2. The molecule has 7 heteroatoms. The summed E-state index contributed by atoms with van der Waals surface area (Å²) in [7, 11) is 0. The van der Waals surface area contributed by atoms with Gasteiger partial charge in [-0.2, -0.15) is 0 Å². The standard InChI is InChI=1S/C27H35N3O.C2H4O2.Zn/c1-26(2,3)21-15-20(25(31)24(16-21)27(4,5)6)17-30(18-22-11-7-9-13-28-22)19-23-12-8-10-14-29-23;1-2(3)4;/h7-16,31H,17-19H2,1-6H3;1H3,(H,3,4);/q;;+2/p-2. The molecule has 0 spiro atoms. The summed E-state index contributed by atoms with van der Waals surface area (Å²) < 4.78 is 0. The van der Waals surface area contributed by atoms with Crippen molar-refractivity contribution in [3.05, 3.63) is 89.0 Å². The van der Waals surface area contributed by atoms with Gasteiger partial charge in [0.1, 0.15) is 0 Å². The fourth-order valence-corrected chi connectivity index (χ4v) is 3.65. The zero-order valence-electron chi connectivity index (χ0n) is 22.7. The van der Waals surface area contributed by atoms with Crippen molar-refractivity contribution < 1.29 is 34.5 Å². The Morgan fingerprint density at radius 3 is 1.67 bits per heavy atom. The summed E-state index contributed by atoms with van der Waals surface area (Å²) >= 11 is 0. The van der Waals surface area contributed by atoms with E-state index in [9.17, 15) is 5.11 Å². The van der Waals surface area contributed by atoms with E-state index < -0.39 is 5.97 Å². The number of aromatic nitrogens is 2. The van der Waals surface area contributed by atoms with Crippen LogP contribution < -0.4 is 10.2 Å². The van der Waals surface area contributed by atoms with Gasteiger partial charge in [-0.3, -0.25) is 14.9 Å². The number of hydrogen-bond donors (Lipinski definition) is 0. The predicted octanol–water partition coefficient (Wildman–Crippen LogP) is 4.10. The van der Waals surface area contributed by atoms with Crippen molar-refractivity contribution in [3.8, 4) is 5.75 Å². The van der Waals surface area contributed by atoms with Crippen molar-refractivity contribution >= 4 is 5.97 Å². The van der Waals surface area contributed by atoms with Crippen LogP contribution in [0.3, 0.4) is 0 Å². The normalized spacial score (nSPS) is 11.3. The summed E-state index contributed by atoms with van der Waals surface area (Å²) in [5.41, 5.74) is 4.63. The van der Waals surface area contributed by atoms with Crippen LogP contribution in [0.2, 0.25) is 0 Å². The molecule has 0 unspecified atom stereocenters. The maximum Gasteiger partial charge on any atom is 2.00 e. The van der Waals surface area contributed by atoms with Crippen LogP contribution >= 0.6 is 0 Å². The molecule has 2 aromatic heterocycles.